The number of hydrogen-bond acceptors (Lipinski definition) is 5. The average Bonchev–Trinajstić information content (AvgIpc) is 3.13. The van der Waals surface area contributed by atoms with E-state index in [1.54, 1.807) is 16.9 Å². The van der Waals surface area contributed by atoms with Gasteiger partial charge in [-0.3, -0.25) is 0 Å². The van der Waals surface area contributed by atoms with Gasteiger partial charge in [-0.05, 0) is 43.3 Å². The highest BCUT2D eigenvalue weighted by atomic mass is 16.5. The summed E-state index contributed by atoms with van der Waals surface area (Å²) in [5.74, 6) is 1.98. The van der Waals surface area contributed by atoms with Crippen molar-refractivity contribution in [2.24, 2.45) is 0 Å². The molecule has 0 N–H and O–H groups in total. The molecule has 2 aromatic carbocycles. The molecule has 4 rings (SSSR count). The van der Waals surface area contributed by atoms with Gasteiger partial charge in [-0.2, -0.15) is 10.4 Å². The Morgan fingerprint density at radius 1 is 1.10 bits per heavy atom. The molecule has 0 radical (unpaired) electrons. The Kier molecular flexibility index (Phi) is 4.95. The normalized spacial score (nSPS) is 10.5. The second-order valence-corrected chi connectivity index (χ2v) is 6.24. The molecule has 0 fully saturated rings. The number of benzene rings is 2. The third kappa shape index (κ3) is 3.66. The van der Waals surface area contributed by atoms with Gasteiger partial charge in [0.15, 0.2) is 5.65 Å². The highest BCUT2D eigenvalue weighted by molar-refractivity contribution is 5.75. The van der Waals surface area contributed by atoms with Crippen LogP contribution in [0, 0.1) is 11.3 Å². The molecule has 142 valence electrons. The fraction of sp³-hybridized carbons (Fsp3) is 0.0870. The van der Waals surface area contributed by atoms with Crippen LogP contribution in [0.1, 0.15) is 18.1 Å². The van der Waals surface area contributed by atoms with Gasteiger partial charge in [0, 0.05) is 18.0 Å². The summed E-state index contributed by atoms with van der Waals surface area (Å²) in [5, 5.41) is 14.2. The Morgan fingerprint density at radius 2 is 1.83 bits per heavy atom. The maximum Gasteiger partial charge on any atom is 0.173 e. The lowest BCUT2D eigenvalue weighted by molar-refractivity contribution is 0.299. The van der Waals surface area contributed by atoms with Gasteiger partial charge in [-0.25, -0.2) is 9.50 Å². The Hall–Kier alpha value is -4.11. The summed E-state index contributed by atoms with van der Waals surface area (Å²) in [5.41, 5.74) is 2.98. The van der Waals surface area contributed by atoms with Crippen LogP contribution in [0.3, 0.4) is 0 Å². The van der Waals surface area contributed by atoms with Crippen LogP contribution < -0.4 is 4.74 Å². The fourth-order valence-corrected chi connectivity index (χ4v) is 2.95. The first-order valence-electron chi connectivity index (χ1n) is 9.13. The molecule has 4 aromatic rings. The van der Waals surface area contributed by atoms with Crippen LogP contribution in [0.2, 0.25) is 0 Å². The number of hydrogen-bond donors (Lipinski definition) is 0. The highest BCUT2D eigenvalue weighted by Gasteiger charge is 2.16. The van der Waals surface area contributed by atoms with Gasteiger partial charge in [0.05, 0.1) is 12.2 Å². The quantitative estimate of drug-likeness (QED) is 0.436. The van der Waals surface area contributed by atoms with Crippen LogP contribution in [-0.2, 0) is 4.74 Å². The van der Waals surface area contributed by atoms with E-state index in [-0.39, 0.29) is 0 Å². The van der Waals surface area contributed by atoms with Gasteiger partial charge in [0.2, 0.25) is 0 Å². The van der Waals surface area contributed by atoms with Gasteiger partial charge in [0.1, 0.15) is 34.6 Å². The average molecular weight is 382 g/mol. The lowest BCUT2D eigenvalue weighted by Crippen LogP contribution is -1.96. The number of para-hydroxylation sites is 1. The molecule has 0 aliphatic rings. The van der Waals surface area contributed by atoms with Crippen LogP contribution in [0.5, 0.6) is 11.5 Å². The molecule has 2 heterocycles. The van der Waals surface area contributed by atoms with Crippen molar-refractivity contribution in [1.82, 2.24) is 14.6 Å². The van der Waals surface area contributed by atoms with Crippen LogP contribution in [0.4, 0.5) is 0 Å². The summed E-state index contributed by atoms with van der Waals surface area (Å²) in [6.45, 7) is 6.30. The molecule has 0 aliphatic carbocycles. The standard InChI is InChI=1S/C23H18N4O2/c1-3-28-16(2)18-14-25-23-21(13-24)22(26-27(23)15-18)17-9-11-20(12-10-17)29-19-7-5-4-6-8-19/h4-12,14-15H,2-3H2,1H3. The predicted molar refractivity (Wildman–Crippen MR) is 110 cm³/mol. The van der Waals surface area contributed by atoms with Gasteiger partial charge in [0.25, 0.3) is 0 Å². The summed E-state index contributed by atoms with van der Waals surface area (Å²) < 4.78 is 12.8. The molecule has 0 atom stereocenters. The topological polar surface area (TPSA) is 72.4 Å². The van der Waals surface area contributed by atoms with Gasteiger partial charge in [-0.15, -0.1) is 0 Å². The number of fused-ring (bicyclic) bond motifs is 1. The van der Waals surface area contributed by atoms with Crippen molar-refractivity contribution in [2.45, 2.75) is 6.92 Å². The lowest BCUT2D eigenvalue weighted by atomic mass is 10.1. The minimum Gasteiger partial charge on any atom is -0.494 e. The smallest absolute Gasteiger partial charge is 0.173 e. The molecular formula is C23H18N4O2. The highest BCUT2D eigenvalue weighted by Crippen LogP contribution is 2.28. The Bertz CT molecular complexity index is 1210. The second-order valence-electron chi connectivity index (χ2n) is 6.24. The van der Waals surface area contributed by atoms with Gasteiger partial charge < -0.3 is 9.47 Å². The molecule has 0 aliphatic heterocycles. The predicted octanol–water partition coefficient (Wildman–Crippen LogP) is 5.07. The van der Waals surface area contributed by atoms with Crippen molar-refractivity contribution in [3.63, 3.8) is 0 Å². The van der Waals surface area contributed by atoms with E-state index in [0.29, 0.717) is 40.6 Å². The van der Waals surface area contributed by atoms with Crippen molar-refractivity contribution in [2.75, 3.05) is 6.61 Å². The van der Waals surface area contributed by atoms with E-state index >= 15 is 0 Å². The monoisotopic (exact) mass is 382 g/mol. The van der Waals surface area contributed by atoms with E-state index in [1.165, 1.54) is 0 Å². The zero-order chi connectivity index (χ0) is 20.2. The van der Waals surface area contributed by atoms with E-state index < -0.39 is 0 Å². The molecule has 6 nitrogen and oxygen atoms in total. The molecule has 0 unspecified atom stereocenters. The van der Waals surface area contributed by atoms with Crippen molar-refractivity contribution in [3.05, 3.63) is 84.7 Å². The minimum absolute atomic E-state index is 0.412. The summed E-state index contributed by atoms with van der Waals surface area (Å²) in [6, 6.07) is 19.2. The van der Waals surface area contributed by atoms with E-state index in [4.69, 9.17) is 9.47 Å². The van der Waals surface area contributed by atoms with Gasteiger partial charge >= 0.3 is 0 Å². The SMILES string of the molecule is C=C(OCC)c1cnc2c(C#N)c(-c3ccc(Oc4ccccc4)cc3)nn2c1. The van der Waals surface area contributed by atoms with E-state index in [0.717, 1.165) is 11.3 Å². The number of aromatic nitrogens is 3. The van der Waals surface area contributed by atoms with E-state index in [2.05, 4.69) is 22.7 Å². The number of nitrogens with zero attached hydrogens (tertiary/aromatic N) is 4. The van der Waals surface area contributed by atoms with Crippen molar-refractivity contribution >= 4 is 11.4 Å². The maximum absolute atomic E-state index is 9.67. The molecule has 0 saturated carbocycles. The summed E-state index contributed by atoms with van der Waals surface area (Å²) in [4.78, 5) is 4.39. The number of rotatable bonds is 6. The molecule has 0 saturated heterocycles. The Morgan fingerprint density at radius 3 is 2.52 bits per heavy atom. The first-order chi connectivity index (χ1) is 14.2. The summed E-state index contributed by atoms with van der Waals surface area (Å²) in [7, 11) is 0. The zero-order valence-electron chi connectivity index (χ0n) is 15.9. The lowest BCUT2D eigenvalue weighted by Gasteiger charge is -2.06. The Labute approximate surface area is 168 Å². The van der Waals surface area contributed by atoms with Crippen LogP contribution in [0.25, 0.3) is 22.7 Å². The second kappa shape index (κ2) is 7.87. The van der Waals surface area contributed by atoms with E-state index in [1.807, 2.05) is 61.5 Å². The van der Waals surface area contributed by atoms with Crippen LogP contribution >= 0.6 is 0 Å². The van der Waals surface area contributed by atoms with Crippen molar-refractivity contribution in [1.29, 1.82) is 5.26 Å². The molecule has 0 amide bonds. The number of ether oxygens (including phenoxy) is 2. The molecule has 6 heteroatoms. The van der Waals surface area contributed by atoms with Crippen molar-refractivity contribution < 1.29 is 9.47 Å². The van der Waals surface area contributed by atoms with E-state index in [9.17, 15) is 5.26 Å². The summed E-state index contributed by atoms with van der Waals surface area (Å²) in [6.07, 6.45) is 3.40. The van der Waals surface area contributed by atoms with Crippen LogP contribution in [-0.4, -0.2) is 21.2 Å². The Balaban J connectivity index is 1.67. The summed E-state index contributed by atoms with van der Waals surface area (Å²) >= 11 is 0. The third-order valence-electron chi connectivity index (χ3n) is 4.33. The molecule has 2 aromatic heterocycles. The molecular weight excluding hydrogens is 364 g/mol. The number of nitriles is 1. The molecule has 0 spiro atoms. The minimum atomic E-state index is 0.412. The molecule has 29 heavy (non-hydrogen) atoms. The van der Waals surface area contributed by atoms with Crippen molar-refractivity contribution in [3.8, 4) is 28.8 Å². The van der Waals surface area contributed by atoms with Crippen LogP contribution in [0.15, 0.2) is 73.6 Å². The zero-order valence-corrected chi connectivity index (χ0v) is 15.9. The maximum atomic E-state index is 9.67. The molecule has 0 bridgehead atoms. The third-order valence-corrected chi connectivity index (χ3v) is 4.33. The fourth-order valence-electron chi connectivity index (χ4n) is 2.95. The first-order valence-corrected chi connectivity index (χ1v) is 9.13. The first kappa shape index (κ1) is 18.3. The largest absolute Gasteiger partial charge is 0.494 e. The van der Waals surface area contributed by atoms with Gasteiger partial charge in [-0.1, -0.05) is 24.8 Å².